The van der Waals surface area contributed by atoms with Gasteiger partial charge in [-0.3, -0.25) is 4.90 Å². The third kappa shape index (κ3) is 2.18. The van der Waals surface area contributed by atoms with Gasteiger partial charge in [0.25, 0.3) is 0 Å². The molecule has 2 spiro atoms. The summed E-state index contributed by atoms with van der Waals surface area (Å²) in [5.41, 5.74) is 1.91. The van der Waals surface area contributed by atoms with Crippen molar-refractivity contribution in [2.24, 2.45) is 0 Å². The first kappa shape index (κ1) is 19.1. The van der Waals surface area contributed by atoms with Gasteiger partial charge in [0, 0.05) is 24.6 Å². The number of aromatic hydroxyl groups is 1. The Balaban J connectivity index is 1.57. The zero-order valence-electron chi connectivity index (χ0n) is 17.8. The van der Waals surface area contributed by atoms with Crippen molar-refractivity contribution >= 4 is 0 Å². The molecule has 2 aliphatic carbocycles. The molecule has 2 bridgehead atoms. The van der Waals surface area contributed by atoms with Gasteiger partial charge in [-0.15, -0.1) is 0 Å². The molecule has 1 saturated carbocycles. The molecule has 4 atom stereocenters. The second-order valence-corrected chi connectivity index (χ2v) is 9.95. The average Bonchev–Trinajstić information content (AvgIpc) is 3.31. The van der Waals surface area contributed by atoms with Gasteiger partial charge in [0.05, 0.1) is 24.2 Å². The number of nitrogens with zero attached hydrogens (tertiary/aromatic N) is 1. The largest absolute Gasteiger partial charge is 0.504 e. The molecule has 3 heterocycles. The summed E-state index contributed by atoms with van der Waals surface area (Å²) in [4.78, 5) is 2.46. The Morgan fingerprint density at radius 1 is 1.20 bits per heavy atom. The van der Waals surface area contributed by atoms with Crippen molar-refractivity contribution in [3.05, 3.63) is 34.9 Å². The Kier molecular flexibility index (Phi) is 3.96. The highest BCUT2D eigenvalue weighted by molar-refractivity contribution is 5.62. The van der Waals surface area contributed by atoms with Crippen molar-refractivity contribution in [2.75, 3.05) is 26.3 Å². The summed E-state index contributed by atoms with van der Waals surface area (Å²) in [7, 11) is 0. The molecule has 162 valence electrons. The summed E-state index contributed by atoms with van der Waals surface area (Å²) in [6, 6.07) is 3.77. The van der Waals surface area contributed by atoms with Crippen LogP contribution in [0, 0.1) is 0 Å². The van der Waals surface area contributed by atoms with Gasteiger partial charge in [0.2, 0.25) is 5.79 Å². The van der Waals surface area contributed by atoms with Crippen LogP contribution in [-0.2, 0) is 21.3 Å². The highest BCUT2D eigenvalue weighted by Gasteiger charge is 2.76. The Morgan fingerprint density at radius 3 is 2.77 bits per heavy atom. The van der Waals surface area contributed by atoms with Crippen LogP contribution in [-0.4, -0.2) is 65.0 Å². The Hall–Kier alpha value is -1.60. The highest BCUT2D eigenvalue weighted by Crippen LogP contribution is 2.67. The van der Waals surface area contributed by atoms with Gasteiger partial charge in [0.1, 0.15) is 0 Å². The molecular weight excluding hydrogens is 382 g/mol. The van der Waals surface area contributed by atoms with Crippen LogP contribution in [0.1, 0.15) is 50.7 Å². The second kappa shape index (κ2) is 6.22. The van der Waals surface area contributed by atoms with Crippen LogP contribution in [0.3, 0.4) is 0 Å². The van der Waals surface area contributed by atoms with Gasteiger partial charge in [-0.25, -0.2) is 0 Å². The number of phenolic OH excluding ortho intramolecular Hbond substituents is 1. The summed E-state index contributed by atoms with van der Waals surface area (Å²) in [5.74, 6) is -0.157. The minimum absolute atomic E-state index is 0.00319. The van der Waals surface area contributed by atoms with Gasteiger partial charge in [-0.2, -0.15) is 0 Å². The topological polar surface area (TPSA) is 71.4 Å². The number of ether oxygens (including phenoxy) is 3. The predicted molar refractivity (Wildman–Crippen MR) is 111 cm³/mol. The van der Waals surface area contributed by atoms with E-state index in [0.717, 1.165) is 37.9 Å². The van der Waals surface area contributed by atoms with Crippen LogP contribution >= 0.6 is 0 Å². The van der Waals surface area contributed by atoms with Crippen molar-refractivity contribution in [2.45, 2.75) is 74.9 Å². The zero-order chi connectivity index (χ0) is 20.7. The molecule has 6 heteroatoms. The number of fused-ring (bicyclic) bond motifs is 1. The van der Waals surface area contributed by atoms with Crippen molar-refractivity contribution < 1.29 is 24.4 Å². The second-order valence-electron chi connectivity index (χ2n) is 9.95. The minimum atomic E-state index is -0.948. The number of phenols is 1. The van der Waals surface area contributed by atoms with Crippen LogP contribution in [0.15, 0.2) is 23.8 Å². The van der Waals surface area contributed by atoms with E-state index >= 15 is 0 Å². The first-order valence-corrected chi connectivity index (χ1v) is 11.3. The maximum atomic E-state index is 12.5. The van der Waals surface area contributed by atoms with E-state index in [1.54, 1.807) is 6.07 Å². The quantitative estimate of drug-likeness (QED) is 0.727. The lowest BCUT2D eigenvalue weighted by Crippen LogP contribution is -2.75. The summed E-state index contributed by atoms with van der Waals surface area (Å²) < 4.78 is 18.9. The minimum Gasteiger partial charge on any atom is -0.504 e. The summed E-state index contributed by atoms with van der Waals surface area (Å²) in [6.07, 6.45) is 5.55. The molecule has 1 aromatic rings. The third-order valence-corrected chi connectivity index (χ3v) is 8.31. The number of rotatable bonds is 2. The van der Waals surface area contributed by atoms with E-state index < -0.39 is 22.9 Å². The van der Waals surface area contributed by atoms with E-state index in [0.29, 0.717) is 31.8 Å². The van der Waals surface area contributed by atoms with E-state index in [-0.39, 0.29) is 11.8 Å². The monoisotopic (exact) mass is 413 g/mol. The number of allylic oxidation sites excluding steroid dienone is 1. The zero-order valence-corrected chi connectivity index (χ0v) is 17.8. The van der Waals surface area contributed by atoms with E-state index in [1.807, 2.05) is 6.07 Å². The third-order valence-electron chi connectivity index (χ3n) is 8.31. The van der Waals surface area contributed by atoms with E-state index in [4.69, 9.17) is 14.2 Å². The molecule has 6 nitrogen and oxygen atoms in total. The SMILES string of the molecule is CC(C)=CCN1CCC[C@]23c4c5ccc(O)c4OC2C2(CCC3(O)[C@H]1C5)OCCO2. The number of likely N-dealkylation sites (tertiary alicyclic amines) is 1. The number of hydrogen-bond donors (Lipinski definition) is 2. The van der Waals surface area contributed by atoms with Crippen LogP contribution in [0.2, 0.25) is 0 Å². The lowest BCUT2D eigenvalue weighted by Gasteiger charge is -2.60. The maximum absolute atomic E-state index is 12.5. The molecule has 3 fully saturated rings. The average molecular weight is 414 g/mol. The Labute approximate surface area is 177 Å². The standard InChI is InChI=1S/C24H31NO5/c1-15(2)6-11-25-10-3-7-22-19-16-4-5-17(26)20(19)30-21(22)24(28-12-13-29-24)9-8-23(22,27)18(25)14-16/h4-6,18,21,26-27H,3,7-14H2,1-2H3/t18-,21?,22+,23?/m1/s1. The normalized spacial score (nSPS) is 38.1. The van der Waals surface area contributed by atoms with Gasteiger partial charge in [0.15, 0.2) is 17.6 Å². The molecular formula is C24H31NO5. The summed E-state index contributed by atoms with van der Waals surface area (Å²) in [6.45, 7) is 7.11. The van der Waals surface area contributed by atoms with Crippen LogP contribution in [0.25, 0.3) is 0 Å². The molecule has 1 aromatic carbocycles. The molecule has 2 saturated heterocycles. The van der Waals surface area contributed by atoms with Gasteiger partial charge in [-0.05, 0) is 57.7 Å². The highest BCUT2D eigenvalue weighted by atomic mass is 16.8. The van der Waals surface area contributed by atoms with E-state index in [9.17, 15) is 10.2 Å². The molecule has 0 radical (unpaired) electrons. The lowest BCUT2D eigenvalue weighted by molar-refractivity contribution is -0.284. The van der Waals surface area contributed by atoms with Crippen LogP contribution in [0.5, 0.6) is 11.5 Å². The van der Waals surface area contributed by atoms with Crippen molar-refractivity contribution in [3.8, 4) is 11.5 Å². The Bertz CT molecular complexity index is 918. The van der Waals surface area contributed by atoms with Crippen molar-refractivity contribution in [1.29, 1.82) is 0 Å². The predicted octanol–water partition coefficient (Wildman–Crippen LogP) is 2.65. The fraction of sp³-hybridized carbons (Fsp3) is 0.667. The molecule has 0 amide bonds. The number of aliphatic hydroxyl groups is 1. The maximum Gasteiger partial charge on any atom is 0.207 e. The molecule has 30 heavy (non-hydrogen) atoms. The molecule has 5 aliphatic rings. The fourth-order valence-corrected chi connectivity index (χ4v) is 7.11. The van der Waals surface area contributed by atoms with Crippen molar-refractivity contribution in [1.82, 2.24) is 4.90 Å². The van der Waals surface area contributed by atoms with Crippen LogP contribution < -0.4 is 4.74 Å². The lowest BCUT2D eigenvalue weighted by atomic mass is 9.50. The molecule has 3 aliphatic heterocycles. The van der Waals surface area contributed by atoms with Gasteiger partial charge >= 0.3 is 0 Å². The van der Waals surface area contributed by atoms with Crippen LogP contribution in [0.4, 0.5) is 0 Å². The van der Waals surface area contributed by atoms with Gasteiger partial charge in [-0.1, -0.05) is 17.7 Å². The molecule has 2 unspecified atom stereocenters. The smallest absolute Gasteiger partial charge is 0.207 e. The van der Waals surface area contributed by atoms with Gasteiger partial charge < -0.3 is 24.4 Å². The molecule has 2 N–H and O–H groups in total. The first-order chi connectivity index (χ1) is 14.4. The molecule has 6 rings (SSSR count). The summed E-state index contributed by atoms with van der Waals surface area (Å²) >= 11 is 0. The van der Waals surface area contributed by atoms with Crippen molar-refractivity contribution in [3.63, 3.8) is 0 Å². The number of hydrogen-bond acceptors (Lipinski definition) is 6. The van der Waals surface area contributed by atoms with E-state index in [1.165, 1.54) is 11.1 Å². The van der Waals surface area contributed by atoms with E-state index in [2.05, 4.69) is 24.8 Å². The molecule has 0 aromatic heterocycles. The number of benzene rings is 1. The fourth-order valence-electron chi connectivity index (χ4n) is 7.11. The summed E-state index contributed by atoms with van der Waals surface area (Å²) in [5, 5.41) is 23.2. The Morgan fingerprint density at radius 2 is 2.00 bits per heavy atom. The first-order valence-electron chi connectivity index (χ1n) is 11.3.